The van der Waals surface area contributed by atoms with Crippen LogP contribution in [-0.4, -0.2) is 54.1 Å². The molecule has 4 atom stereocenters. The quantitative estimate of drug-likeness (QED) is 0.736. The fourth-order valence-corrected chi connectivity index (χ4v) is 2.06. The van der Waals surface area contributed by atoms with Crippen LogP contribution in [0, 0.1) is 0 Å². The van der Waals surface area contributed by atoms with E-state index in [9.17, 15) is 10.2 Å². The van der Waals surface area contributed by atoms with E-state index in [1.807, 2.05) is 27.7 Å². The predicted octanol–water partition coefficient (Wildman–Crippen LogP) is 0.841. The van der Waals surface area contributed by atoms with E-state index in [0.29, 0.717) is 0 Å². The van der Waals surface area contributed by atoms with Crippen molar-refractivity contribution in [2.45, 2.75) is 57.9 Å². The average Bonchev–Trinajstić information content (AvgIpc) is 2.29. The fraction of sp³-hybridized carbons (Fsp3) is 0.846. The molecule has 0 spiro atoms. The van der Waals surface area contributed by atoms with Gasteiger partial charge in [-0.3, -0.25) is 0 Å². The Labute approximate surface area is 108 Å². The molecule has 1 aliphatic heterocycles. The highest BCUT2D eigenvalue weighted by Crippen LogP contribution is 2.30. The van der Waals surface area contributed by atoms with Gasteiger partial charge in [-0.2, -0.15) is 0 Å². The van der Waals surface area contributed by atoms with Crippen molar-refractivity contribution in [3.8, 4) is 0 Å². The van der Waals surface area contributed by atoms with Gasteiger partial charge in [-0.05, 0) is 33.3 Å². The second-order valence-corrected chi connectivity index (χ2v) is 5.34. The van der Waals surface area contributed by atoms with Crippen molar-refractivity contribution in [2.75, 3.05) is 13.7 Å². The van der Waals surface area contributed by atoms with Gasteiger partial charge >= 0.3 is 0 Å². The molecule has 4 unspecified atom stereocenters. The van der Waals surface area contributed by atoms with E-state index in [0.717, 1.165) is 5.57 Å². The summed E-state index contributed by atoms with van der Waals surface area (Å²) in [5.74, 6) is 0. The number of allylic oxidation sites excluding steroid dienone is 1. The summed E-state index contributed by atoms with van der Waals surface area (Å²) in [6, 6.07) is 0. The van der Waals surface area contributed by atoms with Gasteiger partial charge in [0.15, 0.2) is 6.29 Å². The molecular formula is C13H24O5. The van der Waals surface area contributed by atoms with Gasteiger partial charge in [0.25, 0.3) is 0 Å². The zero-order chi connectivity index (χ0) is 13.9. The average molecular weight is 260 g/mol. The molecule has 1 saturated heterocycles. The summed E-state index contributed by atoms with van der Waals surface area (Å²) in [4.78, 5) is 0. The second kappa shape index (κ2) is 6.12. The minimum atomic E-state index is -0.914. The van der Waals surface area contributed by atoms with Crippen molar-refractivity contribution in [2.24, 2.45) is 0 Å². The first-order chi connectivity index (χ1) is 8.34. The van der Waals surface area contributed by atoms with Crippen LogP contribution in [0.4, 0.5) is 0 Å². The van der Waals surface area contributed by atoms with E-state index in [2.05, 4.69) is 0 Å². The first kappa shape index (κ1) is 15.6. The molecule has 5 nitrogen and oxygen atoms in total. The number of hydrogen-bond donors (Lipinski definition) is 2. The van der Waals surface area contributed by atoms with Crippen molar-refractivity contribution < 1.29 is 24.4 Å². The van der Waals surface area contributed by atoms with Crippen LogP contribution < -0.4 is 0 Å². The van der Waals surface area contributed by atoms with Crippen molar-refractivity contribution in [3.05, 3.63) is 11.6 Å². The van der Waals surface area contributed by atoms with Gasteiger partial charge in [0.05, 0.1) is 12.2 Å². The molecule has 0 aromatic carbocycles. The second-order valence-electron chi connectivity index (χ2n) is 5.34. The lowest BCUT2D eigenvalue weighted by atomic mass is 9.95. The molecular weight excluding hydrogens is 236 g/mol. The number of methoxy groups -OCH3 is 1. The molecule has 1 aliphatic rings. The Morgan fingerprint density at radius 2 is 2.00 bits per heavy atom. The lowest BCUT2D eigenvalue weighted by Crippen LogP contribution is -2.54. The number of aliphatic hydroxyl groups is 2. The molecule has 1 fully saturated rings. The Morgan fingerprint density at radius 1 is 1.39 bits per heavy atom. The van der Waals surface area contributed by atoms with Crippen molar-refractivity contribution in [1.29, 1.82) is 0 Å². The third-order valence-corrected chi connectivity index (χ3v) is 2.81. The number of aliphatic hydroxyl groups excluding tert-OH is 2. The summed E-state index contributed by atoms with van der Waals surface area (Å²) in [5, 5.41) is 19.6. The molecule has 0 amide bonds. The number of rotatable bonds is 3. The van der Waals surface area contributed by atoms with Gasteiger partial charge in [0.1, 0.15) is 18.3 Å². The molecule has 1 heterocycles. The monoisotopic (exact) mass is 260 g/mol. The van der Waals surface area contributed by atoms with Crippen LogP contribution in [0.25, 0.3) is 0 Å². The zero-order valence-corrected chi connectivity index (χ0v) is 11.7. The molecule has 1 rings (SSSR count). The maximum Gasteiger partial charge on any atom is 0.187 e. The highest BCUT2D eigenvalue weighted by Gasteiger charge is 2.43. The van der Waals surface area contributed by atoms with Gasteiger partial charge < -0.3 is 24.4 Å². The largest absolute Gasteiger partial charge is 0.393 e. The molecule has 0 saturated carbocycles. The van der Waals surface area contributed by atoms with Gasteiger partial charge in [-0.1, -0.05) is 6.08 Å². The SMILES string of the molecule is C/C=C1\C(CO)OC(OC(C)(C)C)C(O)C1OC. The van der Waals surface area contributed by atoms with Crippen LogP contribution in [0.5, 0.6) is 0 Å². The minimum Gasteiger partial charge on any atom is -0.393 e. The molecule has 5 heteroatoms. The summed E-state index contributed by atoms with van der Waals surface area (Å²) in [6.07, 6.45) is -0.950. The Bertz CT molecular complexity index is 294. The maximum atomic E-state index is 10.2. The predicted molar refractivity (Wildman–Crippen MR) is 67.1 cm³/mol. The van der Waals surface area contributed by atoms with Crippen molar-refractivity contribution in [3.63, 3.8) is 0 Å². The third kappa shape index (κ3) is 3.52. The van der Waals surface area contributed by atoms with Crippen molar-refractivity contribution >= 4 is 0 Å². The molecule has 0 radical (unpaired) electrons. The lowest BCUT2D eigenvalue weighted by molar-refractivity contribution is -0.282. The molecule has 0 aliphatic carbocycles. The van der Waals surface area contributed by atoms with E-state index in [4.69, 9.17) is 14.2 Å². The molecule has 0 aromatic heterocycles. The first-order valence-electron chi connectivity index (χ1n) is 6.15. The first-order valence-corrected chi connectivity index (χ1v) is 6.15. The summed E-state index contributed by atoms with van der Waals surface area (Å²) in [6.45, 7) is 7.29. The van der Waals surface area contributed by atoms with Crippen LogP contribution in [0.2, 0.25) is 0 Å². The molecule has 18 heavy (non-hydrogen) atoms. The van der Waals surface area contributed by atoms with Gasteiger partial charge in [0, 0.05) is 7.11 Å². The van der Waals surface area contributed by atoms with E-state index in [-0.39, 0.29) is 6.61 Å². The summed E-state index contributed by atoms with van der Waals surface area (Å²) in [5.41, 5.74) is 0.290. The Balaban J connectivity index is 2.91. The normalized spacial score (nSPS) is 36.1. The zero-order valence-electron chi connectivity index (χ0n) is 11.7. The van der Waals surface area contributed by atoms with Crippen LogP contribution in [0.15, 0.2) is 11.6 Å². The van der Waals surface area contributed by atoms with Gasteiger partial charge in [0.2, 0.25) is 0 Å². The van der Waals surface area contributed by atoms with Crippen LogP contribution >= 0.6 is 0 Å². The molecule has 0 aromatic rings. The van der Waals surface area contributed by atoms with Gasteiger partial charge in [-0.25, -0.2) is 0 Å². The maximum absolute atomic E-state index is 10.2. The number of ether oxygens (including phenoxy) is 3. The third-order valence-electron chi connectivity index (χ3n) is 2.81. The highest BCUT2D eigenvalue weighted by atomic mass is 16.7. The van der Waals surface area contributed by atoms with Crippen molar-refractivity contribution in [1.82, 2.24) is 0 Å². The Morgan fingerprint density at radius 3 is 2.39 bits per heavy atom. The Kier molecular flexibility index (Phi) is 5.31. The minimum absolute atomic E-state index is 0.170. The van der Waals surface area contributed by atoms with E-state index in [1.165, 1.54) is 7.11 Å². The Hall–Kier alpha value is -0.460. The topological polar surface area (TPSA) is 68.2 Å². The molecule has 106 valence electrons. The fourth-order valence-electron chi connectivity index (χ4n) is 2.06. The lowest BCUT2D eigenvalue weighted by Gasteiger charge is -2.42. The van der Waals surface area contributed by atoms with E-state index in [1.54, 1.807) is 6.08 Å². The van der Waals surface area contributed by atoms with Gasteiger partial charge in [-0.15, -0.1) is 0 Å². The standard InChI is InChI=1S/C13H24O5/c1-6-8-9(7-14)17-12(18-13(2,3)4)10(15)11(8)16-5/h6,9-12,14-15H,7H2,1-5H3/b8-6+. The molecule has 0 bridgehead atoms. The van der Waals surface area contributed by atoms with E-state index < -0.39 is 30.2 Å². The van der Waals surface area contributed by atoms with Crippen LogP contribution in [0.3, 0.4) is 0 Å². The highest BCUT2D eigenvalue weighted by molar-refractivity contribution is 5.18. The van der Waals surface area contributed by atoms with E-state index >= 15 is 0 Å². The summed E-state index contributed by atoms with van der Waals surface area (Å²) in [7, 11) is 1.52. The smallest absolute Gasteiger partial charge is 0.187 e. The van der Waals surface area contributed by atoms with Crippen LogP contribution in [0.1, 0.15) is 27.7 Å². The number of hydrogen-bond acceptors (Lipinski definition) is 5. The summed E-state index contributed by atoms with van der Waals surface area (Å²) >= 11 is 0. The summed E-state index contributed by atoms with van der Waals surface area (Å²) < 4.78 is 16.5. The van der Waals surface area contributed by atoms with Crippen LogP contribution in [-0.2, 0) is 14.2 Å². The molecule has 2 N–H and O–H groups in total.